The maximum absolute atomic E-state index is 12.6. The molecule has 0 unspecified atom stereocenters. The molecule has 2 aromatic heterocycles. The van der Waals surface area contributed by atoms with Crippen LogP contribution in [0.3, 0.4) is 0 Å². The summed E-state index contributed by atoms with van der Waals surface area (Å²) in [6.07, 6.45) is 9.21. The highest BCUT2D eigenvalue weighted by Gasteiger charge is 2.28. The van der Waals surface area contributed by atoms with Crippen molar-refractivity contribution in [3.8, 4) is 0 Å². The lowest BCUT2D eigenvalue weighted by Gasteiger charge is -2.31. The predicted octanol–water partition coefficient (Wildman–Crippen LogP) is 2.74. The number of carbonyl (C=O) groups is 2. The van der Waals surface area contributed by atoms with Crippen LogP contribution in [0.2, 0.25) is 0 Å². The third-order valence-corrected chi connectivity index (χ3v) is 5.21. The van der Waals surface area contributed by atoms with Crippen molar-refractivity contribution in [1.82, 2.24) is 14.9 Å². The summed E-state index contributed by atoms with van der Waals surface area (Å²) < 4.78 is 5.33. The van der Waals surface area contributed by atoms with E-state index in [1.54, 1.807) is 12.4 Å². The number of piperidine rings is 1. The Hall–Kier alpha value is -2.70. The lowest BCUT2D eigenvalue weighted by Crippen LogP contribution is -2.39. The number of aromatic carboxylic acids is 1. The van der Waals surface area contributed by atoms with Gasteiger partial charge in [0.05, 0.1) is 11.8 Å². The first-order chi connectivity index (χ1) is 12.6. The number of nitrogens with zero attached hydrogens (tertiary/aromatic N) is 3. The predicted molar refractivity (Wildman–Crippen MR) is 92.0 cm³/mol. The van der Waals surface area contributed by atoms with Crippen LogP contribution < -0.4 is 0 Å². The minimum atomic E-state index is -0.962. The van der Waals surface area contributed by atoms with Gasteiger partial charge in [0.1, 0.15) is 17.1 Å². The van der Waals surface area contributed by atoms with Crippen molar-refractivity contribution < 1.29 is 19.1 Å². The highest BCUT2D eigenvalue weighted by molar-refractivity contribution is 5.93. The van der Waals surface area contributed by atoms with E-state index in [9.17, 15) is 9.59 Å². The number of carbonyl (C=O) groups excluding carboxylic acids is 1. The third-order valence-electron chi connectivity index (χ3n) is 5.21. The topological polar surface area (TPSA) is 96.5 Å². The van der Waals surface area contributed by atoms with Crippen LogP contribution in [-0.2, 0) is 6.42 Å². The summed E-state index contributed by atoms with van der Waals surface area (Å²) in [6.45, 7) is 1.30. The second-order valence-electron chi connectivity index (χ2n) is 7.11. The van der Waals surface area contributed by atoms with E-state index in [2.05, 4.69) is 9.97 Å². The van der Waals surface area contributed by atoms with Crippen LogP contribution in [0, 0.1) is 5.92 Å². The van der Waals surface area contributed by atoms with Gasteiger partial charge in [-0.05, 0) is 37.7 Å². The van der Waals surface area contributed by atoms with Crippen molar-refractivity contribution in [2.45, 2.75) is 38.0 Å². The number of hydrogen-bond donors (Lipinski definition) is 1. The van der Waals surface area contributed by atoms with Gasteiger partial charge in [-0.3, -0.25) is 4.79 Å². The van der Waals surface area contributed by atoms with Crippen LogP contribution in [0.15, 0.2) is 29.1 Å². The summed E-state index contributed by atoms with van der Waals surface area (Å²) in [5.41, 5.74) is 0.767. The lowest BCUT2D eigenvalue weighted by molar-refractivity contribution is 0.0687. The molecule has 0 spiro atoms. The van der Waals surface area contributed by atoms with Crippen molar-refractivity contribution in [3.63, 3.8) is 0 Å². The SMILES string of the molecule is O=C(O)c1ccoc1CC1CCN(C(=O)c2cnc(C3CC3)nc2)CC1. The van der Waals surface area contributed by atoms with Gasteiger partial charge in [-0.2, -0.15) is 0 Å². The summed E-state index contributed by atoms with van der Waals surface area (Å²) in [4.78, 5) is 34.2. The first-order valence-corrected chi connectivity index (χ1v) is 9.02. The van der Waals surface area contributed by atoms with Gasteiger partial charge in [-0.25, -0.2) is 14.8 Å². The van der Waals surface area contributed by atoms with Crippen molar-refractivity contribution in [2.75, 3.05) is 13.1 Å². The molecule has 1 saturated heterocycles. The molecule has 4 rings (SSSR count). The Bertz CT molecular complexity index is 802. The average molecular weight is 355 g/mol. The molecule has 3 heterocycles. The zero-order valence-corrected chi connectivity index (χ0v) is 14.4. The molecule has 1 amide bonds. The molecular weight excluding hydrogens is 334 g/mol. The lowest BCUT2D eigenvalue weighted by atomic mass is 9.91. The molecule has 2 aliphatic rings. The number of carboxylic acids is 1. The van der Waals surface area contributed by atoms with Gasteiger partial charge in [0.2, 0.25) is 0 Å². The Balaban J connectivity index is 1.33. The summed E-state index contributed by atoms with van der Waals surface area (Å²) in [5.74, 6) is 1.16. The summed E-state index contributed by atoms with van der Waals surface area (Å²) in [7, 11) is 0. The van der Waals surface area contributed by atoms with E-state index < -0.39 is 5.97 Å². The second-order valence-corrected chi connectivity index (χ2v) is 7.11. The monoisotopic (exact) mass is 355 g/mol. The normalized spacial score (nSPS) is 18.1. The summed E-state index contributed by atoms with van der Waals surface area (Å²) in [5, 5.41) is 9.16. The summed E-state index contributed by atoms with van der Waals surface area (Å²) >= 11 is 0. The van der Waals surface area contributed by atoms with Gasteiger partial charge in [-0.1, -0.05) is 0 Å². The number of amides is 1. The molecule has 1 N–H and O–H groups in total. The molecule has 0 radical (unpaired) electrons. The maximum atomic E-state index is 12.6. The fourth-order valence-electron chi connectivity index (χ4n) is 3.48. The molecule has 136 valence electrons. The summed E-state index contributed by atoms with van der Waals surface area (Å²) in [6, 6.07) is 1.49. The fraction of sp³-hybridized carbons (Fsp3) is 0.474. The maximum Gasteiger partial charge on any atom is 0.339 e. The number of hydrogen-bond acceptors (Lipinski definition) is 5. The van der Waals surface area contributed by atoms with E-state index in [4.69, 9.17) is 9.52 Å². The first-order valence-electron chi connectivity index (χ1n) is 9.02. The molecule has 26 heavy (non-hydrogen) atoms. The molecule has 0 aromatic carbocycles. The minimum absolute atomic E-state index is 0.0324. The molecule has 0 bridgehead atoms. The average Bonchev–Trinajstić information content (AvgIpc) is 3.41. The van der Waals surface area contributed by atoms with Crippen LogP contribution in [0.1, 0.15) is 63.9 Å². The minimum Gasteiger partial charge on any atom is -0.478 e. The Kier molecular flexibility index (Phi) is 4.44. The van der Waals surface area contributed by atoms with Crippen molar-refractivity contribution >= 4 is 11.9 Å². The number of aromatic nitrogens is 2. The van der Waals surface area contributed by atoms with Gasteiger partial charge in [0.15, 0.2) is 0 Å². The fourth-order valence-corrected chi connectivity index (χ4v) is 3.48. The number of carboxylic acid groups (broad SMARTS) is 1. The van der Waals surface area contributed by atoms with Crippen molar-refractivity contribution in [2.24, 2.45) is 5.92 Å². The highest BCUT2D eigenvalue weighted by Crippen LogP contribution is 2.37. The zero-order chi connectivity index (χ0) is 18.1. The second kappa shape index (κ2) is 6.90. The Labute approximate surface area is 151 Å². The number of rotatable bonds is 5. The van der Waals surface area contributed by atoms with Crippen LogP contribution in [-0.4, -0.2) is 44.9 Å². The van der Waals surface area contributed by atoms with Crippen LogP contribution in [0.5, 0.6) is 0 Å². The number of furan rings is 1. The van der Waals surface area contributed by atoms with Gasteiger partial charge in [-0.15, -0.1) is 0 Å². The Morgan fingerprint density at radius 2 is 1.85 bits per heavy atom. The smallest absolute Gasteiger partial charge is 0.339 e. The largest absolute Gasteiger partial charge is 0.478 e. The molecular formula is C19H21N3O4. The molecule has 1 saturated carbocycles. The van der Waals surface area contributed by atoms with Gasteiger partial charge < -0.3 is 14.4 Å². The van der Waals surface area contributed by atoms with Crippen molar-refractivity contribution in [1.29, 1.82) is 0 Å². The van der Waals surface area contributed by atoms with Crippen LogP contribution in [0.4, 0.5) is 0 Å². The van der Waals surface area contributed by atoms with E-state index in [1.807, 2.05) is 4.90 Å². The van der Waals surface area contributed by atoms with Crippen molar-refractivity contribution in [3.05, 3.63) is 47.4 Å². The van der Waals surface area contributed by atoms with E-state index in [1.165, 1.54) is 12.3 Å². The molecule has 1 aliphatic carbocycles. The molecule has 1 aliphatic heterocycles. The Morgan fingerprint density at radius 1 is 1.15 bits per heavy atom. The van der Waals surface area contributed by atoms with Gasteiger partial charge in [0.25, 0.3) is 5.91 Å². The van der Waals surface area contributed by atoms with Crippen LogP contribution >= 0.6 is 0 Å². The standard InChI is InChI=1S/C19H21N3O4/c23-18(14-10-20-17(21-11-14)13-1-2-13)22-6-3-12(4-7-22)9-16-15(19(24)25)5-8-26-16/h5,8,10-13H,1-4,6-7,9H2,(H,24,25). The third kappa shape index (κ3) is 3.47. The molecule has 2 aromatic rings. The Morgan fingerprint density at radius 3 is 2.46 bits per heavy atom. The molecule has 2 fully saturated rings. The van der Waals surface area contributed by atoms with Gasteiger partial charge in [0, 0.05) is 37.8 Å². The first kappa shape index (κ1) is 16.8. The quantitative estimate of drug-likeness (QED) is 0.886. The van der Waals surface area contributed by atoms with E-state index in [0.717, 1.165) is 31.5 Å². The van der Waals surface area contributed by atoms with E-state index in [-0.39, 0.29) is 11.5 Å². The number of likely N-dealkylation sites (tertiary alicyclic amines) is 1. The van der Waals surface area contributed by atoms with E-state index in [0.29, 0.717) is 42.7 Å². The van der Waals surface area contributed by atoms with Crippen LogP contribution in [0.25, 0.3) is 0 Å². The molecule has 7 heteroatoms. The molecule has 0 atom stereocenters. The highest BCUT2D eigenvalue weighted by atomic mass is 16.4. The van der Waals surface area contributed by atoms with E-state index >= 15 is 0 Å². The van der Waals surface area contributed by atoms with Gasteiger partial charge >= 0.3 is 5.97 Å². The zero-order valence-electron chi connectivity index (χ0n) is 14.4. The molecule has 7 nitrogen and oxygen atoms in total.